The van der Waals surface area contributed by atoms with Gasteiger partial charge in [-0.15, -0.1) is 0 Å². The van der Waals surface area contributed by atoms with Crippen LogP contribution in [0.5, 0.6) is 0 Å². The van der Waals surface area contributed by atoms with E-state index < -0.39 is 6.10 Å². The quantitative estimate of drug-likeness (QED) is 0.0262. The molecule has 1 atom stereocenters. The number of carbonyl (C=O) groups excluding carboxylic acids is 3. The van der Waals surface area contributed by atoms with Crippen molar-refractivity contribution in [3.8, 4) is 0 Å². The highest BCUT2D eigenvalue weighted by molar-refractivity contribution is 5.71. The highest BCUT2D eigenvalue weighted by atomic mass is 16.6. The second-order valence-electron chi connectivity index (χ2n) is 18.5. The largest absolute Gasteiger partial charge is 0.462 e. The minimum Gasteiger partial charge on any atom is -0.462 e. The van der Waals surface area contributed by atoms with Crippen LogP contribution >= 0.6 is 0 Å². The van der Waals surface area contributed by atoms with Crippen LogP contribution in [0.15, 0.2) is 85.1 Å². The summed E-state index contributed by atoms with van der Waals surface area (Å²) in [4.78, 5) is 38.1. The van der Waals surface area contributed by atoms with Crippen LogP contribution in [0.25, 0.3) is 0 Å². The fourth-order valence-electron chi connectivity index (χ4n) is 7.70. The molecule has 0 N–H and O–H groups in total. The lowest BCUT2D eigenvalue weighted by molar-refractivity contribution is -0.166. The van der Waals surface area contributed by atoms with Crippen LogP contribution in [0.1, 0.15) is 265 Å². The van der Waals surface area contributed by atoms with Crippen molar-refractivity contribution in [2.24, 2.45) is 0 Å². The summed E-state index contributed by atoms with van der Waals surface area (Å²) < 4.78 is 16.8. The molecule has 67 heavy (non-hydrogen) atoms. The third-order valence-corrected chi connectivity index (χ3v) is 11.9. The predicted octanol–water partition coefficient (Wildman–Crippen LogP) is 18.8. The van der Waals surface area contributed by atoms with Crippen LogP contribution in [-0.2, 0) is 28.6 Å². The molecule has 0 unspecified atom stereocenters. The van der Waals surface area contributed by atoms with E-state index in [4.69, 9.17) is 14.2 Å². The first-order valence-electron chi connectivity index (χ1n) is 28.1. The Morgan fingerprint density at radius 3 is 1.01 bits per heavy atom. The second-order valence-corrected chi connectivity index (χ2v) is 18.5. The van der Waals surface area contributed by atoms with Gasteiger partial charge in [-0.3, -0.25) is 14.4 Å². The Labute approximate surface area is 414 Å². The summed E-state index contributed by atoms with van der Waals surface area (Å²) >= 11 is 0. The zero-order valence-electron chi connectivity index (χ0n) is 43.9. The Kier molecular flexibility index (Phi) is 52.4. The number of hydrogen-bond donors (Lipinski definition) is 0. The zero-order valence-corrected chi connectivity index (χ0v) is 43.9. The van der Waals surface area contributed by atoms with E-state index in [9.17, 15) is 14.4 Å². The number of unbranched alkanes of at least 4 members (excludes halogenated alkanes) is 25. The molecule has 0 aromatic rings. The lowest BCUT2D eigenvalue weighted by Crippen LogP contribution is -2.30. The van der Waals surface area contributed by atoms with Crippen molar-refractivity contribution in [3.63, 3.8) is 0 Å². The van der Waals surface area contributed by atoms with Crippen molar-refractivity contribution in [2.45, 2.75) is 271 Å². The van der Waals surface area contributed by atoms with Crippen molar-refractivity contribution < 1.29 is 28.6 Å². The number of hydrogen-bond acceptors (Lipinski definition) is 6. The van der Waals surface area contributed by atoms with Gasteiger partial charge in [-0.25, -0.2) is 0 Å². The molecule has 0 saturated heterocycles. The first kappa shape index (κ1) is 63.6. The molecule has 0 rings (SSSR count). The predicted molar refractivity (Wildman–Crippen MR) is 288 cm³/mol. The summed E-state index contributed by atoms with van der Waals surface area (Å²) in [5.41, 5.74) is 0. The van der Waals surface area contributed by atoms with Gasteiger partial charge in [0.15, 0.2) is 6.10 Å². The van der Waals surface area contributed by atoms with Gasteiger partial charge in [-0.1, -0.05) is 247 Å². The third-order valence-electron chi connectivity index (χ3n) is 11.9. The molecular weight excluding hydrogens is 829 g/mol. The minimum atomic E-state index is -0.808. The zero-order chi connectivity index (χ0) is 48.6. The van der Waals surface area contributed by atoms with Crippen LogP contribution in [0.4, 0.5) is 0 Å². The standard InChI is InChI=1S/C61H104O6/c1-4-7-10-13-16-19-22-25-28-29-30-31-34-36-39-42-45-48-51-54-60(63)66-57-58(67-61(64)55-52-49-46-43-40-37-33-27-24-21-18-15-12-9-6-3)56-65-59(62)53-50-47-44-41-38-35-32-26-23-20-17-14-11-8-5-2/h7,10,16,19,21,24-25,28,30-31,36,39,45,48,58H,4-6,8-9,11-15,17-18,20,22-23,26-27,29,32-35,37-38,40-44,46-47,49-57H2,1-3H3/b10-7-,19-16-,24-21-,28-25-,31-30-,39-36-,48-45-/t58-/m0/s1. The smallest absolute Gasteiger partial charge is 0.306 e. The maximum atomic E-state index is 12.8. The molecule has 0 spiro atoms. The van der Waals surface area contributed by atoms with Crippen molar-refractivity contribution in [2.75, 3.05) is 13.2 Å². The first-order valence-corrected chi connectivity index (χ1v) is 28.1. The van der Waals surface area contributed by atoms with Gasteiger partial charge in [-0.2, -0.15) is 0 Å². The molecule has 0 saturated carbocycles. The number of allylic oxidation sites excluding steroid dienone is 14. The summed E-state index contributed by atoms with van der Waals surface area (Å²) in [6, 6.07) is 0. The molecule has 0 heterocycles. The second kappa shape index (κ2) is 55.2. The molecule has 384 valence electrons. The van der Waals surface area contributed by atoms with Crippen LogP contribution in [0.2, 0.25) is 0 Å². The highest BCUT2D eigenvalue weighted by Crippen LogP contribution is 2.15. The first-order chi connectivity index (χ1) is 33.0. The topological polar surface area (TPSA) is 78.9 Å². The van der Waals surface area contributed by atoms with Gasteiger partial charge < -0.3 is 14.2 Å². The van der Waals surface area contributed by atoms with E-state index in [-0.39, 0.29) is 37.5 Å². The van der Waals surface area contributed by atoms with Crippen LogP contribution in [0.3, 0.4) is 0 Å². The summed E-state index contributed by atoms with van der Waals surface area (Å²) in [5.74, 6) is -0.986. The summed E-state index contributed by atoms with van der Waals surface area (Å²) in [5, 5.41) is 0. The molecule has 0 aromatic carbocycles. The van der Waals surface area contributed by atoms with Crippen LogP contribution in [-0.4, -0.2) is 37.2 Å². The Morgan fingerprint density at radius 2 is 0.612 bits per heavy atom. The van der Waals surface area contributed by atoms with E-state index in [1.54, 1.807) is 0 Å². The van der Waals surface area contributed by atoms with Gasteiger partial charge in [0.1, 0.15) is 13.2 Å². The average molecular weight is 933 g/mol. The molecule has 0 aromatic heterocycles. The van der Waals surface area contributed by atoms with Gasteiger partial charge in [-0.05, 0) is 83.5 Å². The van der Waals surface area contributed by atoms with Gasteiger partial charge in [0, 0.05) is 19.3 Å². The maximum absolute atomic E-state index is 12.8. The molecule has 0 bridgehead atoms. The lowest BCUT2D eigenvalue weighted by Gasteiger charge is -2.18. The van der Waals surface area contributed by atoms with E-state index in [1.165, 1.54) is 141 Å². The number of carbonyl (C=O) groups is 3. The molecule has 0 radical (unpaired) electrons. The number of ether oxygens (including phenoxy) is 3. The van der Waals surface area contributed by atoms with E-state index in [2.05, 4.69) is 99.8 Å². The molecule has 6 heteroatoms. The fourth-order valence-corrected chi connectivity index (χ4v) is 7.70. The van der Waals surface area contributed by atoms with E-state index in [1.807, 2.05) is 6.08 Å². The Hall–Kier alpha value is -3.41. The van der Waals surface area contributed by atoms with Crippen LogP contribution < -0.4 is 0 Å². The van der Waals surface area contributed by atoms with E-state index in [0.29, 0.717) is 19.3 Å². The van der Waals surface area contributed by atoms with Crippen LogP contribution in [0, 0.1) is 0 Å². The monoisotopic (exact) mass is 933 g/mol. The van der Waals surface area contributed by atoms with Gasteiger partial charge in [0.05, 0.1) is 0 Å². The fraction of sp³-hybridized carbons (Fsp3) is 0.721. The molecule has 6 nitrogen and oxygen atoms in total. The molecule has 0 aliphatic heterocycles. The van der Waals surface area contributed by atoms with Crippen molar-refractivity contribution in [3.05, 3.63) is 85.1 Å². The Morgan fingerprint density at radius 1 is 0.313 bits per heavy atom. The molecular formula is C61H104O6. The summed E-state index contributed by atoms with van der Waals surface area (Å²) in [7, 11) is 0. The molecule has 0 aliphatic carbocycles. The maximum Gasteiger partial charge on any atom is 0.306 e. The third kappa shape index (κ3) is 53.4. The lowest BCUT2D eigenvalue weighted by atomic mass is 10.0. The van der Waals surface area contributed by atoms with Crippen molar-refractivity contribution >= 4 is 17.9 Å². The normalized spacial score (nSPS) is 12.7. The SMILES string of the molecule is CC/C=C\C/C=C\C/C=C\C/C=C\C/C=C\C/C=C\CCC(=O)OC[C@H](COC(=O)CCCCCCCCCCCCCCCCC)OC(=O)CCCCCCCCC/C=C\CCCCCC. The highest BCUT2D eigenvalue weighted by Gasteiger charge is 2.19. The van der Waals surface area contributed by atoms with E-state index in [0.717, 1.165) is 77.0 Å². The van der Waals surface area contributed by atoms with Crippen molar-refractivity contribution in [1.82, 2.24) is 0 Å². The summed E-state index contributed by atoms with van der Waals surface area (Å²) in [6.07, 6.45) is 71.5. The van der Waals surface area contributed by atoms with Gasteiger partial charge in [0.25, 0.3) is 0 Å². The van der Waals surface area contributed by atoms with E-state index >= 15 is 0 Å². The van der Waals surface area contributed by atoms with Gasteiger partial charge >= 0.3 is 17.9 Å². The van der Waals surface area contributed by atoms with Crippen molar-refractivity contribution in [1.29, 1.82) is 0 Å². The number of esters is 3. The minimum absolute atomic E-state index is 0.0994. The summed E-state index contributed by atoms with van der Waals surface area (Å²) in [6.45, 7) is 6.46. The molecule has 0 fully saturated rings. The Balaban J connectivity index is 4.49. The Bertz CT molecular complexity index is 1300. The average Bonchev–Trinajstić information content (AvgIpc) is 3.33. The molecule has 0 amide bonds. The number of rotatable bonds is 50. The van der Waals surface area contributed by atoms with Gasteiger partial charge in [0.2, 0.25) is 0 Å². The molecule has 0 aliphatic rings.